The molecule has 1 aromatic heterocycles. The van der Waals surface area contributed by atoms with Crippen molar-refractivity contribution in [1.82, 2.24) is 15.2 Å². The lowest BCUT2D eigenvalue weighted by Crippen LogP contribution is -2.02. The van der Waals surface area contributed by atoms with Gasteiger partial charge >= 0.3 is 0 Å². The van der Waals surface area contributed by atoms with Gasteiger partial charge in [0, 0.05) is 5.56 Å². The summed E-state index contributed by atoms with van der Waals surface area (Å²) in [5.41, 5.74) is 0.532. The number of hydrogen-bond acceptors (Lipinski definition) is 4. The predicted octanol–water partition coefficient (Wildman–Crippen LogP) is 3.39. The molecule has 2 aromatic rings. The summed E-state index contributed by atoms with van der Waals surface area (Å²) in [4.78, 5) is 16.0. The number of halogens is 2. The third-order valence-electron chi connectivity index (χ3n) is 2.15. The van der Waals surface area contributed by atoms with Gasteiger partial charge in [-0.05, 0) is 25.1 Å². The molecule has 1 heterocycles. The largest absolute Gasteiger partial charge is 0.293 e. The topological polar surface area (TPSA) is 58.6 Å². The zero-order valence-corrected chi connectivity index (χ0v) is 11.7. The van der Waals surface area contributed by atoms with Gasteiger partial charge in [0.15, 0.2) is 5.78 Å². The number of nitrogens with zero attached hydrogens (tertiary/aromatic N) is 2. The van der Waals surface area contributed by atoms with Crippen LogP contribution in [0.25, 0.3) is 0 Å². The minimum atomic E-state index is -0.0407. The van der Waals surface area contributed by atoms with E-state index in [9.17, 15) is 4.79 Å². The predicted molar refractivity (Wildman–Crippen MR) is 72.6 cm³/mol. The van der Waals surface area contributed by atoms with Gasteiger partial charge in [0.05, 0.1) is 15.8 Å². The molecule has 0 aliphatic heterocycles. The molecule has 4 nitrogen and oxygen atoms in total. The fourth-order valence-electron chi connectivity index (χ4n) is 1.27. The zero-order valence-electron chi connectivity index (χ0n) is 9.41. The van der Waals surface area contributed by atoms with Crippen molar-refractivity contribution < 1.29 is 4.79 Å². The number of ketones is 1. The van der Waals surface area contributed by atoms with E-state index >= 15 is 0 Å². The van der Waals surface area contributed by atoms with Crippen molar-refractivity contribution >= 4 is 40.7 Å². The first-order valence-corrected chi connectivity index (χ1v) is 6.80. The quantitative estimate of drug-likeness (QED) is 0.694. The van der Waals surface area contributed by atoms with Crippen LogP contribution in [-0.4, -0.2) is 26.7 Å². The van der Waals surface area contributed by atoms with Crippen LogP contribution in [0.3, 0.4) is 0 Å². The molecular formula is C11H9Cl2N3OS. The highest BCUT2D eigenvalue weighted by atomic mass is 35.5. The molecule has 0 spiro atoms. The van der Waals surface area contributed by atoms with Crippen molar-refractivity contribution in [2.75, 3.05) is 5.75 Å². The van der Waals surface area contributed by atoms with Gasteiger partial charge in [0.2, 0.25) is 5.16 Å². The molecule has 1 aromatic carbocycles. The Hall–Kier alpha value is -1.04. The van der Waals surface area contributed by atoms with Crippen molar-refractivity contribution in [2.45, 2.75) is 12.1 Å². The Morgan fingerprint density at radius 2 is 2.17 bits per heavy atom. The van der Waals surface area contributed by atoms with Crippen LogP contribution in [0.2, 0.25) is 10.0 Å². The average molecular weight is 302 g/mol. The second-order valence-corrected chi connectivity index (χ2v) is 5.30. The first-order chi connectivity index (χ1) is 8.56. The molecule has 0 aliphatic rings. The molecule has 94 valence electrons. The van der Waals surface area contributed by atoms with Gasteiger partial charge in [0.25, 0.3) is 0 Å². The van der Waals surface area contributed by atoms with Gasteiger partial charge in [-0.15, -0.1) is 5.10 Å². The van der Waals surface area contributed by atoms with E-state index < -0.39 is 0 Å². The lowest BCUT2D eigenvalue weighted by molar-refractivity contribution is 0.102. The summed E-state index contributed by atoms with van der Waals surface area (Å²) in [7, 11) is 0. The second-order valence-electron chi connectivity index (χ2n) is 3.54. The molecule has 0 saturated heterocycles. The molecule has 0 radical (unpaired) electrons. The van der Waals surface area contributed by atoms with Crippen molar-refractivity contribution in [2.24, 2.45) is 0 Å². The maximum Gasteiger partial charge on any atom is 0.208 e. The van der Waals surface area contributed by atoms with Crippen LogP contribution in [0.15, 0.2) is 23.4 Å². The molecule has 0 saturated carbocycles. The summed E-state index contributed by atoms with van der Waals surface area (Å²) in [5, 5.41) is 8.03. The Morgan fingerprint density at radius 3 is 2.78 bits per heavy atom. The van der Waals surface area contributed by atoms with E-state index in [0.29, 0.717) is 20.8 Å². The van der Waals surface area contributed by atoms with Crippen molar-refractivity contribution in [3.63, 3.8) is 0 Å². The monoisotopic (exact) mass is 301 g/mol. The number of carbonyl (C=O) groups excluding carboxylic acids is 1. The van der Waals surface area contributed by atoms with Crippen LogP contribution in [0, 0.1) is 6.92 Å². The number of nitrogens with one attached hydrogen (secondary N) is 1. The molecule has 0 aliphatic carbocycles. The number of aromatic amines is 1. The summed E-state index contributed by atoms with van der Waals surface area (Å²) in [6.07, 6.45) is 0. The van der Waals surface area contributed by atoms with Crippen molar-refractivity contribution in [3.8, 4) is 0 Å². The number of rotatable bonds is 4. The number of carbonyl (C=O) groups is 1. The van der Waals surface area contributed by atoms with E-state index in [1.165, 1.54) is 11.8 Å². The van der Waals surface area contributed by atoms with Gasteiger partial charge in [-0.25, -0.2) is 4.98 Å². The lowest BCUT2D eigenvalue weighted by atomic mass is 10.1. The highest BCUT2D eigenvalue weighted by Crippen LogP contribution is 2.23. The average Bonchev–Trinajstić information content (AvgIpc) is 2.75. The molecule has 0 unspecified atom stereocenters. The van der Waals surface area contributed by atoms with E-state index in [4.69, 9.17) is 23.2 Å². The molecule has 7 heteroatoms. The third-order valence-corrected chi connectivity index (χ3v) is 3.74. The number of aryl methyl sites for hydroxylation is 1. The summed E-state index contributed by atoms with van der Waals surface area (Å²) in [5.74, 6) is 0.940. The SMILES string of the molecule is Cc1nc(SCC(=O)c2ccc(Cl)c(Cl)c2)n[nH]1. The Labute approximate surface area is 118 Å². The Kier molecular flexibility index (Phi) is 4.27. The third kappa shape index (κ3) is 3.25. The lowest BCUT2D eigenvalue weighted by Gasteiger charge is -2.01. The molecule has 0 bridgehead atoms. The Balaban J connectivity index is 2.01. The molecule has 0 fully saturated rings. The van der Waals surface area contributed by atoms with Gasteiger partial charge in [-0.2, -0.15) is 0 Å². The minimum Gasteiger partial charge on any atom is -0.293 e. The fraction of sp³-hybridized carbons (Fsp3) is 0.182. The Morgan fingerprint density at radius 1 is 1.39 bits per heavy atom. The second kappa shape index (κ2) is 5.73. The number of Topliss-reactive ketones (excluding diaryl/α,β-unsaturated/α-hetero) is 1. The summed E-state index contributed by atoms with van der Waals surface area (Å²) < 4.78 is 0. The zero-order chi connectivity index (χ0) is 13.1. The number of benzene rings is 1. The summed E-state index contributed by atoms with van der Waals surface area (Å²) in [6.45, 7) is 1.80. The number of thioether (sulfide) groups is 1. The van der Waals surface area contributed by atoms with E-state index in [2.05, 4.69) is 15.2 Å². The van der Waals surface area contributed by atoms with E-state index in [1.54, 1.807) is 25.1 Å². The van der Waals surface area contributed by atoms with Gasteiger partial charge in [-0.3, -0.25) is 9.89 Å². The molecule has 2 rings (SSSR count). The van der Waals surface area contributed by atoms with E-state index in [-0.39, 0.29) is 11.5 Å². The molecule has 18 heavy (non-hydrogen) atoms. The van der Waals surface area contributed by atoms with Gasteiger partial charge in [-0.1, -0.05) is 35.0 Å². The first-order valence-electron chi connectivity index (χ1n) is 5.06. The number of hydrogen-bond donors (Lipinski definition) is 1. The standard InChI is InChI=1S/C11H9Cl2N3OS/c1-6-14-11(16-15-6)18-5-10(17)7-2-3-8(12)9(13)4-7/h2-4H,5H2,1H3,(H,14,15,16). The van der Waals surface area contributed by atoms with Crippen LogP contribution in [0.1, 0.15) is 16.2 Å². The van der Waals surface area contributed by atoms with E-state index in [0.717, 1.165) is 5.82 Å². The van der Waals surface area contributed by atoms with Gasteiger partial charge in [0.1, 0.15) is 5.82 Å². The first kappa shape index (κ1) is 13.4. The van der Waals surface area contributed by atoms with E-state index in [1.807, 2.05) is 0 Å². The smallest absolute Gasteiger partial charge is 0.208 e. The molecule has 0 amide bonds. The highest BCUT2D eigenvalue weighted by Gasteiger charge is 2.10. The normalized spacial score (nSPS) is 10.6. The van der Waals surface area contributed by atoms with Crippen LogP contribution in [-0.2, 0) is 0 Å². The van der Waals surface area contributed by atoms with Gasteiger partial charge < -0.3 is 0 Å². The Bertz CT molecular complexity index is 585. The highest BCUT2D eigenvalue weighted by molar-refractivity contribution is 7.99. The maximum absolute atomic E-state index is 11.9. The van der Waals surface area contributed by atoms with Crippen LogP contribution >= 0.6 is 35.0 Å². The van der Waals surface area contributed by atoms with Crippen LogP contribution < -0.4 is 0 Å². The molecule has 1 N–H and O–H groups in total. The maximum atomic E-state index is 11.9. The summed E-state index contributed by atoms with van der Waals surface area (Å²) >= 11 is 12.9. The van der Waals surface area contributed by atoms with Crippen molar-refractivity contribution in [3.05, 3.63) is 39.6 Å². The number of H-pyrrole nitrogens is 1. The fourth-order valence-corrected chi connectivity index (χ4v) is 2.31. The van der Waals surface area contributed by atoms with Crippen LogP contribution in [0.4, 0.5) is 0 Å². The molecular weight excluding hydrogens is 293 g/mol. The minimum absolute atomic E-state index is 0.0407. The number of aromatic nitrogens is 3. The van der Waals surface area contributed by atoms with Crippen LogP contribution in [0.5, 0.6) is 0 Å². The van der Waals surface area contributed by atoms with Crippen molar-refractivity contribution in [1.29, 1.82) is 0 Å². The summed E-state index contributed by atoms with van der Waals surface area (Å²) in [6, 6.07) is 4.83. The molecule has 0 atom stereocenters.